The summed E-state index contributed by atoms with van der Waals surface area (Å²) in [4.78, 5) is 23.6. The molecule has 2 aromatic rings. The third-order valence-electron chi connectivity index (χ3n) is 3.11. The van der Waals surface area contributed by atoms with E-state index in [-0.39, 0.29) is 5.56 Å². The van der Waals surface area contributed by atoms with E-state index in [4.69, 9.17) is 4.74 Å². The highest BCUT2D eigenvalue weighted by atomic mass is 16.5. The summed E-state index contributed by atoms with van der Waals surface area (Å²) in [6.07, 6.45) is 0. The smallest absolute Gasteiger partial charge is 0.341 e. The summed E-state index contributed by atoms with van der Waals surface area (Å²) in [5.41, 5.74) is 0.959. The predicted molar refractivity (Wildman–Crippen MR) is 75.0 cm³/mol. The third-order valence-corrected chi connectivity index (χ3v) is 3.11. The number of benzene rings is 1. The summed E-state index contributed by atoms with van der Waals surface area (Å²) in [7, 11) is 1.53. The van der Waals surface area contributed by atoms with Crippen molar-refractivity contribution >= 4 is 5.97 Å². The van der Waals surface area contributed by atoms with Crippen LogP contribution in [0.2, 0.25) is 0 Å². The van der Waals surface area contributed by atoms with Gasteiger partial charge in [-0.2, -0.15) is 0 Å². The van der Waals surface area contributed by atoms with Gasteiger partial charge in [-0.25, -0.2) is 4.79 Å². The minimum Gasteiger partial charge on any atom is -0.497 e. The number of aryl methyl sites for hydroxylation is 2. The lowest BCUT2D eigenvalue weighted by molar-refractivity contribution is 0.0693. The highest BCUT2D eigenvalue weighted by Gasteiger charge is 2.17. The number of aromatic carboxylic acids is 1. The van der Waals surface area contributed by atoms with Gasteiger partial charge in [-0.15, -0.1) is 0 Å². The zero-order valence-electron chi connectivity index (χ0n) is 11.5. The van der Waals surface area contributed by atoms with Crippen molar-refractivity contribution in [3.05, 3.63) is 57.5 Å². The molecule has 1 N–H and O–H groups in total. The molecule has 1 aromatic carbocycles. The number of nitrogens with zero attached hydrogens (tertiary/aromatic N) is 1. The minimum absolute atomic E-state index is 0.210. The van der Waals surface area contributed by atoms with E-state index in [9.17, 15) is 14.7 Å². The Labute approximate surface area is 116 Å². The number of ether oxygens (including phenoxy) is 1. The van der Waals surface area contributed by atoms with Gasteiger partial charge in [0.1, 0.15) is 11.3 Å². The number of carbonyl (C=O) groups is 1. The second kappa shape index (κ2) is 5.21. The van der Waals surface area contributed by atoms with Gasteiger partial charge >= 0.3 is 5.97 Å². The van der Waals surface area contributed by atoms with Gasteiger partial charge < -0.3 is 9.84 Å². The largest absolute Gasteiger partial charge is 0.497 e. The van der Waals surface area contributed by atoms with Crippen LogP contribution in [0.5, 0.6) is 5.75 Å². The van der Waals surface area contributed by atoms with E-state index in [1.807, 2.05) is 0 Å². The number of methoxy groups -OCH3 is 1. The zero-order valence-corrected chi connectivity index (χ0v) is 11.5. The number of carboxylic acid groups (broad SMARTS) is 1. The fourth-order valence-electron chi connectivity index (χ4n) is 2.22. The molecule has 20 heavy (non-hydrogen) atoms. The lowest BCUT2D eigenvalue weighted by Crippen LogP contribution is -2.28. The van der Waals surface area contributed by atoms with Crippen molar-refractivity contribution in [2.24, 2.45) is 0 Å². The van der Waals surface area contributed by atoms with Gasteiger partial charge in [-0.05, 0) is 37.6 Å². The summed E-state index contributed by atoms with van der Waals surface area (Å²) in [6.45, 7) is 3.38. The molecule has 0 aliphatic heterocycles. The van der Waals surface area contributed by atoms with Crippen LogP contribution in [0.4, 0.5) is 0 Å². The molecule has 5 nitrogen and oxygen atoms in total. The summed E-state index contributed by atoms with van der Waals surface area (Å²) in [6, 6.07) is 8.62. The lowest BCUT2D eigenvalue weighted by Gasteiger charge is -2.13. The highest BCUT2D eigenvalue weighted by molar-refractivity contribution is 5.89. The molecule has 0 atom stereocenters. The molecule has 1 heterocycles. The molecule has 0 fully saturated rings. The Kier molecular flexibility index (Phi) is 3.61. The van der Waals surface area contributed by atoms with Crippen LogP contribution >= 0.6 is 0 Å². The maximum atomic E-state index is 12.4. The molecule has 5 heteroatoms. The van der Waals surface area contributed by atoms with Crippen LogP contribution in [0.1, 0.15) is 21.6 Å². The number of pyridine rings is 1. The number of hydrogen-bond acceptors (Lipinski definition) is 3. The second-order valence-corrected chi connectivity index (χ2v) is 4.49. The first-order chi connectivity index (χ1) is 9.45. The number of carboxylic acids is 1. The summed E-state index contributed by atoms with van der Waals surface area (Å²) < 4.78 is 6.50. The highest BCUT2D eigenvalue weighted by Crippen LogP contribution is 2.17. The number of hydrogen-bond donors (Lipinski definition) is 1. The molecule has 0 bridgehead atoms. The van der Waals surface area contributed by atoms with Crippen LogP contribution in [0, 0.1) is 13.8 Å². The summed E-state index contributed by atoms with van der Waals surface area (Å²) in [5, 5.41) is 9.17. The Balaban J connectivity index is 2.77. The van der Waals surface area contributed by atoms with Crippen LogP contribution in [-0.2, 0) is 0 Å². The quantitative estimate of drug-likeness (QED) is 0.930. The molecule has 0 aliphatic rings. The summed E-state index contributed by atoms with van der Waals surface area (Å²) in [5.74, 6) is -0.615. The van der Waals surface area contributed by atoms with E-state index in [1.165, 1.54) is 11.7 Å². The van der Waals surface area contributed by atoms with Crippen molar-refractivity contribution in [2.45, 2.75) is 13.8 Å². The minimum atomic E-state index is -1.22. The van der Waals surface area contributed by atoms with E-state index >= 15 is 0 Å². The fourth-order valence-corrected chi connectivity index (χ4v) is 2.22. The monoisotopic (exact) mass is 273 g/mol. The van der Waals surface area contributed by atoms with E-state index in [1.54, 1.807) is 44.2 Å². The van der Waals surface area contributed by atoms with Crippen LogP contribution in [-0.4, -0.2) is 22.8 Å². The molecular weight excluding hydrogens is 258 g/mol. The van der Waals surface area contributed by atoms with Crippen molar-refractivity contribution in [2.75, 3.05) is 7.11 Å². The third kappa shape index (κ3) is 2.30. The number of rotatable bonds is 3. The molecular formula is C15H15NO4. The molecule has 104 valence electrons. The van der Waals surface area contributed by atoms with E-state index < -0.39 is 11.5 Å². The van der Waals surface area contributed by atoms with Crippen LogP contribution in [0.3, 0.4) is 0 Å². The van der Waals surface area contributed by atoms with Crippen molar-refractivity contribution in [3.63, 3.8) is 0 Å². The second-order valence-electron chi connectivity index (χ2n) is 4.49. The zero-order chi connectivity index (χ0) is 14.9. The van der Waals surface area contributed by atoms with Gasteiger partial charge in [0.15, 0.2) is 0 Å². The van der Waals surface area contributed by atoms with Crippen molar-refractivity contribution < 1.29 is 14.6 Å². The van der Waals surface area contributed by atoms with Crippen LogP contribution < -0.4 is 10.3 Å². The van der Waals surface area contributed by atoms with Crippen LogP contribution in [0.15, 0.2) is 35.1 Å². The van der Waals surface area contributed by atoms with Gasteiger partial charge in [0.25, 0.3) is 5.56 Å². The average Bonchev–Trinajstić information content (AvgIpc) is 2.37. The van der Waals surface area contributed by atoms with Crippen molar-refractivity contribution in [1.82, 2.24) is 4.57 Å². The molecule has 0 saturated heterocycles. The number of aromatic nitrogens is 1. The van der Waals surface area contributed by atoms with Crippen molar-refractivity contribution in [1.29, 1.82) is 0 Å². The first-order valence-electron chi connectivity index (χ1n) is 6.06. The van der Waals surface area contributed by atoms with Gasteiger partial charge in [0.2, 0.25) is 0 Å². The average molecular weight is 273 g/mol. The topological polar surface area (TPSA) is 68.5 Å². The molecule has 0 aliphatic carbocycles. The van der Waals surface area contributed by atoms with Gasteiger partial charge in [0.05, 0.1) is 12.8 Å². The molecule has 1 aromatic heterocycles. The van der Waals surface area contributed by atoms with Crippen LogP contribution in [0.25, 0.3) is 5.69 Å². The van der Waals surface area contributed by atoms with E-state index in [2.05, 4.69) is 0 Å². The molecule has 0 saturated carbocycles. The first kappa shape index (κ1) is 13.9. The van der Waals surface area contributed by atoms with Crippen molar-refractivity contribution in [3.8, 4) is 11.4 Å². The molecule has 2 rings (SSSR count). The normalized spacial score (nSPS) is 10.3. The Morgan fingerprint density at radius 1 is 1.25 bits per heavy atom. The molecule has 0 amide bonds. The van der Waals surface area contributed by atoms with E-state index in [0.717, 1.165) is 0 Å². The summed E-state index contributed by atoms with van der Waals surface area (Å²) >= 11 is 0. The fraction of sp³-hybridized carbons (Fsp3) is 0.200. The SMILES string of the molecule is COc1cccc(-n2c(C)cc(C)c(C(=O)O)c2=O)c1. The molecule has 0 spiro atoms. The molecule has 0 unspecified atom stereocenters. The maximum absolute atomic E-state index is 12.4. The Hall–Kier alpha value is -2.56. The van der Waals surface area contributed by atoms with Gasteiger partial charge in [-0.1, -0.05) is 6.07 Å². The van der Waals surface area contributed by atoms with Gasteiger partial charge in [-0.3, -0.25) is 9.36 Å². The Morgan fingerprint density at radius 2 is 1.95 bits per heavy atom. The molecule has 0 radical (unpaired) electrons. The Morgan fingerprint density at radius 3 is 2.55 bits per heavy atom. The Bertz CT molecular complexity index is 731. The predicted octanol–water partition coefficient (Wildman–Crippen LogP) is 2.16. The standard InChI is InChI=1S/C15H15NO4/c1-9-7-10(2)16(14(17)13(9)15(18)19)11-5-4-6-12(8-11)20-3/h4-8H,1-3H3,(H,18,19). The maximum Gasteiger partial charge on any atom is 0.341 e. The first-order valence-corrected chi connectivity index (χ1v) is 6.06. The lowest BCUT2D eigenvalue weighted by atomic mass is 10.1. The van der Waals surface area contributed by atoms with Gasteiger partial charge in [0, 0.05) is 11.8 Å². The van der Waals surface area contributed by atoms with E-state index in [0.29, 0.717) is 22.7 Å².